The molecule has 2 aromatic heterocycles. The number of alkyl halides is 2. The van der Waals surface area contributed by atoms with Gasteiger partial charge in [-0.3, -0.25) is 0 Å². The Labute approximate surface area is 197 Å². The first kappa shape index (κ1) is 24.5. The fraction of sp³-hybridized carbons (Fsp3) is 0.286. The third-order valence-corrected chi connectivity index (χ3v) is 4.19. The highest BCUT2D eigenvalue weighted by Gasteiger charge is 2.10. The number of hydrogen-bond acceptors (Lipinski definition) is 4. The largest absolute Gasteiger partial charge is 0.434 e. The molecule has 0 bridgehead atoms. The van der Waals surface area contributed by atoms with Crippen LogP contribution in [0, 0.1) is 6.92 Å². The van der Waals surface area contributed by atoms with Crippen molar-refractivity contribution < 1.29 is 13.5 Å². The first-order valence-electron chi connectivity index (χ1n) is 9.56. The van der Waals surface area contributed by atoms with E-state index < -0.39 is 6.61 Å². The van der Waals surface area contributed by atoms with Crippen molar-refractivity contribution >= 4 is 29.9 Å². The zero-order valence-electron chi connectivity index (χ0n) is 17.3. The molecule has 0 aliphatic heterocycles. The molecule has 3 aromatic rings. The topological polar surface area (TPSA) is 76.4 Å². The summed E-state index contributed by atoms with van der Waals surface area (Å²) in [4.78, 5) is 8.89. The molecule has 2 N–H and O–H groups in total. The molecule has 0 spiro atoms. The fourth-order valence-electron chi connectivity index (χ4n) is 2.84. The highest BCUT2D eigenvalue weighted by molar-refractivity contribution is 14.0. The Balaban J connectivity index is 0.00000341. The van der Waals surface area contributed by atoms with Gasteiger partial charge in [0.05, 0.1) is 6.54 Å². The number of nitrogens with one attached hydrogen (secondary N) is 2. The van der Waals surface area contributed by atoms with Gasteiger partial charge in [-0.1, -0.05) is 17.7 Å². The van der Waals surface area contributed by atoms with E-state index in [9.17, 15) is 8.78 Å². The molecule has 0 atom stereocenters. The predicted molar refractivity (Wildman–Crippen MR) is 126 cm³/mol. The minimum absolute atomic E-state index is 0. The van der Waals surface area contributed by atoms with Gasteiger partial charge in [-0.2, -0.15) is 13.9 Å². The molecule has 0 amide bonds. The summed E-state index contributed by atoms with van der Waals surface area (Å²) in [5, 5.41) is 10.5. The van der Waals surface area contributed by atoms with Crippen LogP contribution in [-0.4, -0.2) is 33.9 Å². The lowest BCUT2D eigenvalue weighted by Gasteiger charge is -2.15. The second-order valence-electron chi connectivity index (χ2n) is 6.51. The summed E-state index contributed by atoms with van der Waals surface area (Å²) < 4.78 is 31.6. The van der Waals surface area contributed by atoms with E-state index in [0.29, 0.717) is 37.0 Å². The summed E-state index contributed by atoms with van der Waals surface area (Å²) in [6, 6.07) is 10.7. The van der Waals surface area contributed by atoms with Gasteiger partial charge < -0.3 is 15.4 Å². The quantitative estimate of drug-likeness (QED) is 0.255. The van der Waals surface area contributed by atoms with Crippen LogP contribution in [0.3, 0.4) is 0 Å². The molecular formula is C21H25F2IN6O. The summed E-state index contributed by atoms with van der Waals surface area (Å²) in [7, 11) is 0. The Morgan fingerprint density at radius 1 is 1.19 bits per heavy atom. The van der Waals surface area contributed by atoms with E-state index in [0.717, 1.165) is 11.1 Å². The van der Waals surface area contributed by atoms with Crippen molar-refractivity contribution in [3.05, 3.63) is 71.7 Å². The number of nitrogens with zero attached hydrogens (tertiary/aromatic N) is 4. The van der Waals surface area contributed by atoms with Crippen molar-refractivity contribution in [3.63, 3.8) is 0 Å². The van der Waals surface area contributed by atoms with Crippen LogP contribution < -0.4 is 15.4 Å². The first-order chi connectivity index (χ1) is 14.5. The van der Waals surface area contributed by atoms with Crippen LogP contribution in [0.1, 0.15) is 23.6 Å². The van der Waals surface area contributed by atoms with Gasteiger partial charge in [0.2, 0.25) is 0 Å². The van der Waals surface area contributed by atoms with E-state index in [1.54, 1.807) is 29.2 Å². The summed E-state index contributed by atoms with van der Waals surface area (Å²) in [5.41, 5.74) is 2.55. The third-order valence-electron chi connectivity index (χ3n) is 4.19. The molecular weight excluding hydrogens is 517 g/mol. The summed E-state index contributed by atoms with van der Waals surface area (Å²) in [5.74, 6) is 1.43. The van der Waals surface area contributed by atoms with Crippen molar-refractivity contribution in [1.82, 2.24) is 25.4 Å². The average Bonchev–Trinajstić information content (AvgIpc) is 3.27. The maximum absolute atomic E-state index is 12.7. The molecule has 0 radical (unpaired) electrons. The highest BCUT2D eigenvalue weighted by atomic mass is 127. The van der Waals surface area contributed by atoms with Crippen molar-refractivity contribution in [2.24, 2.45) is 4.99 Å². The fourth-order valence-corrected chi connectivity index (χ4v) is 2.84. The van der Waals surface area contributed by atoms with Gasteiger partial charge in [-0.25, -0.2) is 14.7 Å². The Bertz CT molecular complexity index is 982. The number of ether oxygens (including phenoxy) is 1. The van der Waals surface area contributed by atoms with Crippen LogP contribution in [-0.2, 0) is 13.1 Å². The SMILES string of the molecule is CCNC(=NCc1ccnc(-n2cccn2)c1)NCc1cc(C)ccc1OC(F)F.I. The van der Waals surface area contributed by atoms with Gasteiger partial charge in [-0.05, 0) is 43.7 Å². The zero-order chi connectivity index (χ0) is 21.3. The molecule has 0 aliphatic rings. The van der Waals surface area contributed by atoms with Gasteiger partial charge in [0.1, 0.15) is 5.75 Å². The van der Waals surface area contributed by atoms with E-state index >= 15 is 0 Å². The second-order valence-corrected chi connectivity index (χ2v) is 6.51. The zero-order valence-corrected chi connectivity index (χ0v) is 19.6. The number of guanidine groups is 1. The van der Waals surface area contributed by atoms with Crippen LogP contribution in [0.4, 0.5) is 8.78 Å². The molecule has 1 aromatic carbocycles. The van der Waals surface area contributed by atoms with Crippen molar-refractivity contribution in [1.29, 1.82) is 0 Å². The molecule has 2 heterocycles. The Hall–Kier alpha value is -2.76. The number of pyridine rings is 1. The minimum Gasteiger partial charge on any atom is -0.434 e. The number of rotatable bonds is 8. The third kappa shape index (κ3) is 7.46. The highest BCUT2D eigenvalue weighted by Crippen LogP contribution is 2.22. The molecule has 0 fully saturated rings. The molecule has 0 aliphatic carbocycles. The molecule has 31 heavy (non-hydrogen) atoms. The van der Waals surface area contributed by atoms with Crippen molar-refractivity contribution in [3.8, 4) is 11.6 Å². The molecule has 7 nitrogen and oxygen atoms in total. The number of aliphatic imine (C=N–C) groups is 1. The van der Waals surface area contributed by atoms with Crippen LogP contribution in [0.5, 0.6) is 5.75 Å². The smallest absolute Gasteiger partial charge is 0.387 e. The normalized spacial score (nSPS) is 11.2. The summed E-state index contributed by atoms with van der Waals surface area (Å²) >= 11 is 0. The number of aromatic nitrogens is 3. The Morgan fingerprint density at radius 2 is 2.03 bits per heavy atom. The van der Waals surface area contributed by atoms with E-state index in [1.807, 2.05) is 44.3 Å². The molecule has 0 saturated carbocycles. The molecule has 0 saturated heterocycles. The first-order valence-corrected chi connectivity index (χ1v) is 9.56. The lowest BCUT2D eigenvalue weighted by atomic mass is 10.1. The molecule has 166 valence electrons. The van der Waals surface area contributed by atoms with Gasteiger partial charge >= 0.3 is 6.61 Å². The van der Waals surface area contributed by atoms with Crippen LogP contribution in [0.2, 0.25) is 0 Å². The van der Waals surface area contributed by atoms with Crippen LogP contribution in [0.15, 0.2) is 60.0 Å². The van der Waals surface area contributed by atoms with E-state index in [4.69, 9.17) is 0 Å². The van der Waals surface area contributed by atoms with Crippen molar-refractivity contribution in [2.75, 3.05) is 6.54 Å². The maximum Gasteiger partial charge on any atom is 0.387 e. The Kier molecular flexibility index (Phi) is 9.63. The van der Waals surface area contributed by atoms with E-state index in [1.165, 1.54) is 0 Å². The minimum atomic E-state index is -2.87. The number of halogens is 3. The summed E-state index contributed by atoms with van der Waals surface area (Å²) in [6.45, 7) is 2.36. The van der Waals surface area contributed by atoms with Gasteiger partial charge in [0.15, 0.2) is 11.8 Å². The number of benzene rings is 1. The lowest BCUT2D eigenvalue weighted by Crippen LogP contribution is -2.37. The lowest BCUT2D eigenvalue weighted by molar-refractivity contribution is -0.0504. The maximum atomic E-state index is 12.7. The monoisotopic (exact) mass is 542 g/mol. The number of aryl methyl sites for hydroxylation is 1. The Morgan fingerprint density at radius 3 is 2.74 bits per heavy atom. The standard InChI is InChI=1S/C21H24F2N6O.HI/c1-3-24-21(27-14-17-11-15(2)5-6-18(17)30-20(22)23)26-13-16-7-9-25-19(12-16)29-10-4-8-28-29;/h4-12,20H,3,13-14H2,1-2H3,(H2,24,26,27);1H. The van der Waals surface area contributed by atoms with E-state index in [2.05, 4.69) is 30.4 Å². The molecule has 10 heteroatoms. The molecule has 0 unspecified atom stereocenters. The average molecular weight is 542 g/mol. The molecule has 3 rings (SSSR count). The second kappa shape index (κ2) is 12.2. The summed E-state index contributed by atoms with van der Waals surface area (Å²) in [6.07, 6.45) is 5.22. The van der Waals surface area contributed by atoms with Gasteiger partial charge in [0, 0.05) is 37.2 Å². The van der Waals surface area contributed by atoms with Crippen LogP contribution in [0.25, 0.3) is 5.82 Å². The van der Waals surface area contributed by atoms with Crippen LogP contribution >= 0.6 is 24.0 Å². The number of hydrogen-bond donors (Lipinski definition) is 2. The van der Waals surface area contributed by atoms with E-state index in [-0.39, 0.29) is 29.7 Å². The predicted octanol–water partition coefficient (Wildman–Crippen LogP) is 4.05. The van der Waals surface area contributed by atoms with Gasteiger partial charge in [-0.15, -0.1) is 24.0 Å². The van der Waals surface area contributed by atoms with Crippen molar-refractivity contribution in [2.45, 2.75) is 33.5 Å². The van der Waals surface area contributed by atoms with Gasteiger partial charge in [0.25, 0.3) is 0 Å².